The number of nitrogens with two attached hydrogens (primary N) is 1. The Balaban J connectivity index is 1.33. The molecule has 2 aliphatic heterocycles. The van der Waals surface area contributed by atoms with Crippen LogP contribution in [0.25, 0.3) is 11.6 Å². The zero-order valence-corrected chi connectivity index (χ0v) is 18.2. The smallest absolute Gasteiger partial charge is 0.240 e. The van der Waals surface area contributed by atoms with Crippen molar-refractivity contribution in [3.63, 3.8) is 0 Å². The van der Waals surface area contributed by atoms with Gasteiger partial charge in [-0.05, 0) is 43.7 Å². The lowest BCUT2D eigenvalue weighted by atomic mass is 9.93. The number of aromatic nitrogens is 6. The predicted molar refractivity (Wildman–Crippen MR) is 111 cm³/mol. The number of ether oxygens (including phenoxy) is 1. The molecule has 0 saturated carbocycles. The summed E-state index contributed by atoms with van der Waals surface area (Å²) >= 11 is 0. The van der Waals surface area contributed by atoms with Crippen molar-refractivity contribution in [3.8, 4) is 11.6 Å². The summed E-state index contributed by atoms with van der Waals surface area (Å²) in [6, 6.07) is 3.18. The molecule has 0 radical (unpaired) electrons. The van der Waals surface area contributed by atoms with Gasteiger partial charge in [0.05, 0.1) is 25.0 Å². The molecule has 3 aromatic rings. The number of benzene rings is 1. The first-order valence-corrected chi connectivity index (χ1v) is 10.7. The van der Waals surface area contributed by atoms with E-state index in [-0.39, 0.29) is 17.6 Å². The maximum Gasteiger partial charge on any atom is 0.240 e. The number of tetrazole rings is 1. The molecule has 170 valence electrons. The summed E-state index contributed by atoms with van der Waals surface area (Å²) in [5.41, 5.74) is 8.64. The zero-order chi connectivity index (χ0) is 22.6. The van der Waals surface area contributed by atoms with Crippen LogP contribution in [0.15, 0.2) is 18.2 Å². The lowest BCUT2D eigenvalue weighted by Gasteiger charge is -2.38. The van der Waals surface area contributed by atoms with Crippen molar-refractivity contribution in [3.05, 3.63) is 46.8 Å². The Bertz CT molecular complexity index is 1140. The van der Waals surface area contributed by atoms with Crippen molar-refractivity contribution in [1.82, 2.24) is 34.7 Å². The first-order valence-electron chi connectivity index (χ1n) is 10.7. The van der Waals surface area contributed by atoms with E-state index in [4.69, 9.17) is 15.5 Å². The summed E-state index contributed by atoms with van der Waals surface area (Å²) < 4.78 is 36.0. The van der Waals surface area contributed by atoms with Crippen molar-refractivity contribution < 1.29 is 13.5 Å². The number of aryl methyl sites for hydroxylation is 1. The first-order chi connectivity index (χ1) is 15.3. The van der Waals surface area contributed by atoms with Crippen LogP contribution in [0.3, 0.4) is 0 Å². The number of hydrogen-bond donors (Lipinski definition) is 1. The second kappa shape index (κ2) is 7.98. The number of halogens is 2. The largest absolute Gasteiger partial charge is 0.370 e. The van der Waals surface area contributed by atoms with Gasteiger partial charge in [-0.3, -0.25) is 4.90 Å². The maximum absolute atomic E-state index is 14.2. The molecule has 0 unspecified atom stereocenters. The number of hydrogen-bond acceptors (Lipinski definition) is 7. The molecule has 0 aliphatic carbocycles. The Hall–Kier alpha value is -2.76. The minimum Gasteiger partial charge on any atom is -0.370 e. The van der Waals surface area contributed by atoms with E-state index >= 15 is 0 Å². The number of imidazole rings is 1. The van der Waals surface area contributed by atoms with E-state index in [1.165, 1.54) is 10.9 Å². The van der Waals surface area contributed by atoms with E-state index in [0.29, 0.717) is 31.9 Å². The monoisotopic (exact) mass is 444 g/mol. The van der Waals surface area contributed by atoms with E-state index in [1.807, 2.05) is 0 Å². The molecule has 3 atom stereocenters. The molecule has 1 saturated heterocycles. The number of nitrogens with zero attached hydrogens (tertiary/aromatic N) is 7. The van der Waals surface area contributed by atoms with E-state index in [1.54, 1.807) is 7.05 Å². The second-order valence-corrected chi connectivity index (χ2v) is 8.77. The molecule has 32 heavy (non-hydrogen) atoms. The highest BCUT2D eigenvalue weighted by Gasteiger charge is 2.38. The summed E-state index contributed by atoms with van der Waals surface area (Å²) in [6.07, 6.45) is -0.0469. The molecule has 2 aliphatic rings. The highest BCUT2D eigenvalue weighted by molar-refractivity contribution is 5.47. The molecular weight excluding hydrogens is 418 g/mol. The van der Waals surface area contributed by atoms with Gasteiger partial charge in [0.15, 0.2) is 5.82 Å². The van der Waals surface area contributed by atoms with Crippen LogP contribution in [-0.2, 0) is 24.9 Å². The summed E-state index contributed by atoms with van der Waals surface area (Å²) in [7, 11) is 1.73. The number of rotatable bonds is 4. The molecule has 2 aromatic heterocycles. The van der Waals surface area contributed by atoms with Crippen molar-refractivity contribution in [1.29, 1.82) is 0 Å². The SMILES string of the molecule is CC(C)n1c(-c2nnn(C)n2)nc2c1CN([C@H]1CO[C@H](c3cc(F)ccc3F)[C@@H](N)C1)C2. The molecule has 4 heterocycles. The molecule has 1 fully saturated rings. The van der Waals surface area contributed by atoms with Crippen LogP contribution in [-0.4, -0.2) is 53.3 Å². The van der Waals surface area contributed by atoms with Gasteiger partial charge in [-0.1, -0.05) is 0 Å². The van der Waals surface area contributed by atoms with E-state index in [9.17, 15) is 8.78 Å². The quantitative estimate of drug-likeness (QED) is 0.658. The molecule has 0 amide bonds. The van der Waals surface area contributed by atoms with E-state index < -0.39 is 23.8 Å². The maximum atomic E-state index is 14.2. The fourth-order valence-electron chi connectivity index (χ4n) is 4.75. The van der Waals surface area contributed by atoms with Crippen LogP contribution in [0, 0.1) is 11.6 Å². The van der Waals surface area contributed by atoms with Crippen LogP contribution in [0.4, 0.5) is 8.78 Å². The Kier molecular flexibility index (Phi) is 5.26. The van der Waals surface area contributed by atoms with Crippen LogP contribution < -0.4 is 5.73 Å². The van der Waals surface area contributed by atoms with Gasteiger partial charge in [-0.15, -0.1) is 10.2 Å². The average Bonchev–Trinajstić information content (AvgIpc) is 3.43. The lowest BCUT2D eigenvalue weighted by Crippen LogP contribution is -2.47. The summed E-state index contributed by atoms with van der Waals surface area (Å²) in [6.45, 7) is 5.94. The summed E-state index contributed by atoms with van der Waals surface area (Å²) in [5.74, 6) is 0.222. The highest BCUT2D eigenvalue weighted by atomic mass is 19.1. The van der Waals surface area contributed by atoms with Gasteiger partial charge in [0.1, 0.15) is 17.7 Å². The third-order valence-electron chi connectivity index (χ3n) is 6.21. The Morgan fingerprint density at radius 2 is 2.03 bits per heavy atom. The third-order valence-corrected chi connectivity index (χ3v) is 6.21. The van der Waals surface area contributed by atoms with Crippen LogP contribution >= 0.6 is 0 Å². The Labute approximate surface area is 184 Å². The normalized spacial score (nSPS) is 23.8. The molecular formula is C21H26F2N8O. The van der Waals surface area contributed by atoms with Gasteiger partial charge in [0.2, 0.25) is 5.82 Å². The van der Waals surface area contributed by atoms with Gasteiger partial charge < -0.3 is 15.0 Å². The lowest BCUT2D eigenvalue weighted by molar-refractivity contribution is -0.0535. The molecule has 11 heteroatoms. The van der Waals surface area contributed by atoms with Crippen molar-refractivity contribution in [2.75, 3.05) is 6.61 Å². The highest BCUT2D eigenvalue weighted by Crippen LogP contribution is 2.36. The van der Waals surface area contributed by atoms with Crippen LogP contribution in [0.2, 0.25) is 0 Å². The second-order valence-electron chi connectivity index (χ2n) is 8.77. The molecule has 9 nitrogen and oxygen atoms in total. The Morgan fingerprint density at radius 3 is 2.72 bits per heavy atom. The van der Waals surface area contributed by atoms with Crippen LogP contribution in [0.5, 0.6) is 0 Å². The first kappa shape index (κ1) is 21.1. The molecule has 0 bridgehead atoms. The summed E-state index contributed by atoms with van der Waals surface area (Å²) in [4.78, 5) is 8.52. The summed E-state index contributed by atoms with van der Waals surface area (Å²) in [5, 5.41) is 12.4. The molecule has 1 aromatic carbocycles. The fraction of sp³-hybridized carbons (Fsp3) is 0.524. The zero-order valence-electron chi connectivity index (χ0n) is 18.2. The van der Waals surface area contributed by atoms with Gasteiger partial charge in [0, 0.05) is 36.8 Å². The standard InChI is InChI=1S/C21H26F2N8O/c1-11(2)31-18-9-30(8-17(18)25-21(31)20-26-28-29(3)27-20)13-7-16(24)19(32-10-13)14-6-12(22)4-5-15(14)23/h4-6,11,13,16,19H,7-10,24H2,1-3H3/t13-,16+,19-/m1/s1. The van der Waals surface area contributed by atoms with Crippen molar-refractivity contribution in [2.24, 2.45) is 12.8 Å². The van der Waals surface area contributed by atoms with Crippen molar-refractivity contribution in [2.45, 2.75) is 57.6 Å². The molecule has 0 spiro atoms. The average molecular weight is 444 g/mol. The third kappa shape index (κ3) is 3.59. The Morgan fingerprint density at radius 1 is 1.22 bits per heavy atom. The van der Waals surface area contributed by atoms with E-state index in [2.05, 4.69) is 38.7 Å². The van der Waals surface area contributed by atoms with Crippen LogP contribution in [0.1, 0.15) is 49.4 Å². The predicted octanol–water partition coefficient (Wildman–Crippen LogP) is 2.11. The van der Waals surface area contributed by atoms with Gasteiger partial charge in [0.25, 0.3) is 0 Å². The minimum absolute atomic E-state index is 0.0609. The van der Waals surface area contributed by atoms with Gasteiger partial charge >= 0.3 is 0 Å². The fourth-order valence-corrected chi connectivity index (χ4v) is 4.75. The van der Waals surface area contributed by atoms with Gasteiger partial charge in [-0.2, -0.15) is 4.80 Å². The molecule has 5 rings (SSSR count). The molecule has 2 N–H and O–H groups in total. The topological polar surface area (TPSA) is 99.9 Å². The minimum atomic E-state index is -0.663. The van der Waals surface area contributed by atoms with Gasteiger partial charge in [-0.25, -0.2) is 13.8 Å². The number of fused-ring (bicyclic) bond motifs is 1. The van der Waals surface area contributed by atoms with Crippen molar-refractivity contribution >= 4 is 0 Å². The van der Waals surface area contributed by atoms with E-state index in [0.717, 1.165) is 29.3 Å².